The minimum absolute atomic E-state index is 0.710. The third-order valence-electron chi connectivity index (χ3n) is 11.8. The molecule has 13 aromatic rings. The van der Waals surface area contributed by atoms with E-state index >= 15 is 0 Å². The van der Waals surface area contributed by atoms with Crippen LogP contribution in [0, 0.1) is 0 Å². The lowest BCUT2D eigenvalue weighted by Crippen LogP contribution is -2.03. The Morgan fingerprint density at radius 2 is 0.963 bits per heavy atom. The molecule has 0 atom stereocenters. The van der Waals surface area contributed by atoms with Gasteiger partial charge in [0.1, 0.15) is 5.82 Å². The first-order valence-corrected chi connectivity index (χ1v) is 18.5. The van der Waals surface area contributed by atoms with Crippen molar-refractivity contribution in [2.24, 2.45) is 0 Å². The van der Waals surface area contributed by atoms with Gasteiger partial charge in [0.25, 0.3) is 0 Å². The second kappa shape index (κ2) is 10.2. The number of nitrogens with zero attached hydrogens (tertiary/aromatic N) is 4. The Labute approximate surface area is 308 Å². The number of hydrogen-bond donors (Lipinski definition) is 0. The highest BCUT2D eigenvalue weighted by Gasteiger charge is 2.26. The van der Waals surface area contributed by atoms with Crippen molar-refractivity contribution in [3.05, 3.63) is 170 Å². The molecular weight excluding hydrogens is 657 g/mol. The second-order valence-corrected chi connectivity index (χ2v) is 14.5. The molecule has 0 bridgehead atoms. The summed E-state index contributed by atoms with van der Waals surface area (Å²) in [6, 6.07) is 61.6. The van der Waals surface area contributed by atoms with Crippen LogP contribution in [0.2, 0.25) is 0 Å². The monoisotopic (exact) mass is 684 g/mol. The first-order valence-electron chi connectivity index (χ1n) is 18.5. The summed E-state index contributed by atoms with van der Waals surface area (Å²) in [5, 5.41) is 15.8. The van der Waals surface area contributed by atoms with Gasteiger partial charge in [0.15, 0.2) is 5.82 Å². The molecule has 9 aromatic carbocycles. The maximum absolute atomic E-state index is 5.60. The van der Waals surface area contributed by atoms with Gasteiger partial charge >= 0.3 is 0 Å². The van der Waals surface area contributed by atoms with Crippen LogP contribution >= 0.6 is 0 Å². The molecule has 0 aliphatic carbocycles. The van der Waals surface area contributed by atoms with Gasteiger partial charge < -0.3 is 4.40 Å². The molecule has 4 heteroatoms. The maximum atomic E-state index is 5.60. The van der Waals surface area contributed by atoms with Gasteiger partial charge in [-0.3, -0.25) is 4.57 Å². The molecule has 54 heavy (non-hydrogen) atoms. The highest BCUT2D eigenvalue weighted by atomic mass is 15.1. The van der Waals surface area contributed by atoms with Crippen LogP contribution in [0.4, 0.5) is 0 Å². The molecule has 0 N–H and O–H groups in total. The van der Waals surface area contributed by atoms with E-state index in [0.29, 0.717) is 5.82 Å². The molecule has 0 saturated heterocycles. The van der Waals surface area contributed by atoms with Crippen molar-refractivity contribution in [3.8, 4) is 17.2 Å². The van der Waals surface area contributed by atoms with E-state index in [1.807, 2.05) is 0 Å². The molecule has 4 aromatic heterocycles. The van der Waals surface area contributed by atoms with E-state index in [2.05, 4.69) is 179 Å². The van der Waals surface area contributed by atoms with Gasteiger partial charge in [-0.1, -0.05) is 133 Å². The number of rotatable bonds is 2. The molecule has 0 radical (unpaired) electrons. The standard InChI is InChI=1S/C50H28N4/c1-3-13-33-29(11-1)21-22-31-23-24-32(27-39(31)33)49-51-41-18-8-5-16-36(41)50(52-49)54-44-28-40-35-15-6-9-19-42(35)53-43-20-10-7-17-37(43)46(48(40)53)45(44)38-26-25-30-12-2-4-14-34(30)47(38)54/h1-28H. The highest BCUT2D eigenvalue weighted by molar-refractivity contribution is 6.37. The lowest BCUT2D eigenvalue weighted by atomic mass is 10.00. The first kappa shape index (κ1) is 28.3. The van der Waals surface area contributed by atoms with Crippen LogP contribution < -0.4 is 0 Å². The molecule has 4 heterocycles. The fraction of sp³-hybridized carbons (Fsp3) is 0. The molecule has 0 unspecified atom stereocenters. The average molecular weight is 685 g/mol. The zero-order chi connectivity index (χ0) is 35.1. The molecule has 0 fully saturated rings. The number of aromatic nitrogens is 4. The van der Waals surface area contributed by atoms with Gasteiger partial charge in [-0.15, -0.1) is 0 Å². The summed E-state index contributed by atoms with van der Waals surface area (Å²) in [5.74, 6) is 1.59. The Bertz CT molecular complexity index is 3740. The third-order valence-corrected chi connectivity index (χ3v) is 11.8. The van der Waals surface area contributed by atoms with E-state index in [1.165, 1.54) is 81.2 Å². The fourth-order valence-electron chi connectivity index (χ4n) is 9.49. The summed E-state index contributed by atoms with van der Waals surface area (Å²) in [6.45, 7) is 0. The predicted octanol–water partition coefficient (Wildman–Crippen LogP) is 13.0. The minimum atomic E-state index is 0.710. The number of hydrogen-bond acceptors (Lipinski definition) is 2. The van der Waals surface area contributed by atoms with Gasteiger partial charge in [-0.25, -0.2) is 9.97 Å². The third kappa shape index (κ3) is 3.57. The van der Waals surface area contributed by atoms with Crippen LogP contribution in [-0.2, 0) is 0 Å². The topological polar surface area (TPSA) is 35.1 Å². The molecule has 0 aliphatic rings. The summed E-state index contributed by atoms with van der Waals surface area (Å²) in [6.07, 6.45) is 0. The normalized spacial score (nSPS) is 12.4. The zero-order valence-electron chi connectivity index (χ0n) is 29.0. The van der Waals surface area contributed by atoms with Crippen LogP contribution in [0.3, 0.4) is 0 Å². The van der Waals surface area contributed by atoms with Gasteiger partial charge in [-0.05, 0) is 63.3 Å². The Kier molecular flexibility index (Phi) is 5.34. The second-order valence-electron chi connectivity index (χ2n) is 14.5. The van der Waals surface area contributed by atoms with Crippen molar-refractivity contribution in [1.29, 1.82) is 0 Å². The Balaban J connectivity index is 1.24. The lowest BCUT2D eigenvalue weighted by Gasteiger charge is -2.14. The van der Waals surface area contributed by atoms with E-state index < -0.39 is 0 Å². The molecule has 4 nitrogen and oxygen atoms in total. The van der Waals surface area contributed by atoms with E-state index in [0.717, 1.165) is 33.3 Å². The summed E-state index contributed by atoms with van der Waals surface area (Å²) in [4.78, 5) is 10.8. The van der Waals surface area contributed by atoms with Gasteiger partial charge in [0.05, 0.1) is 33.1 Å². The smallest absolute Gasteiger partial charge is 0.162 e. The summed E-state index contributed by atoms with van der Waals surface area (Å²) >= 11 is 0. The first-order chi connectivity index (χ1) is 26.8. The van der Waals surface area contributed by atoms with Crippen LogP contribution in [-0.4, -0.2) is 18.9 Å². The van der Waals surface area contributed by atoms with Crippen molar-refractivity contribution in [1.82, 2.24) is 18.9 Å². The molecule has 0 saturated carbocycles. The van der Waals surface area contributed by atoms with E-state index in [9.17, 15) is 0 Å². The number of benzene rings is 9. The quantitative estimate of drug-likeness (QED) is 0.170. The average Bonchev–Trinajstić information content (AvgIpc) is 3.88. The van der Waals surface area contributed by atoms with Crippen molar-refractivity contribution < 1.29 is 0 Å². The molecule has 0 spiro atoms. The van der Waals surface area contributed by atoms with Gasteiger partial charge in [0.2, 0.25) is 0 Å². The van der Waals surface area contributed by atoms with Crippen molar-refractivity contribution >= 4 is 103 Å². The van der Waals surface area contributed by atoms with E-state index in [1.54, 1.807) is 0 Å². The minimum Gasteiger partial charge on any atom is -0.308 e. The summed E-state index contributed by atoms with van der Waals surface area (Å²) in [5.41, 5.74) is 7.94. The molecule has 0 amide bonds. The fourth-order valence-corrected chi connectivity index (χ4v) is 9.49. The van der Waals surface area contributed by atoms with Crippen molar-refractivity contribution in [2.75, 3.05) is 0 Å². The zero-order valence-corrected chi connectivity index (χ0v) is 29.0. The molecule has 13 rings (SSSR count). The summed E-state index contributed by atoms with van der Waals surface area (Å²) < 4.78 is 4.92. The van der Waals surface area contributed by atoms with Crippen LogP contribution in [0.25, 0.3) is 120 Å². The highest BCUT2D eigenvalue weighted by Crippen LogP contribution is 2.48. The molecule has 248 valence electrons. The summed E-state index contributed by atoms with van der Waals surface area (Å²) in [7, 11) is 0. The maximum Gasteiger partial charge on any atom is 0.162 e. The van der Waals surface area contributed by atoms with Crippen LogP contribution in [0.15, 0.2) is 170 Å². The van der Waals surface area contributed by atoms with Crippen LogP contribution in [0.1, 0.15) is 0 Å². The predicted molar refractivity (Wildman–Crippen MR) is 226 cm³/mol. The Hall–Kier alpha value is -7.30. The SMILES string of the molecule is c1ccc2c(c1)ccc1ccc(-c3nc(-n4c5cc6c7ccccc7n7c8ccccc8c(c5c5ccc8ccccc8c54)c67)c4ccccc4n3)cc12. The number of para-hydroxylation sites is 3. The van der Waals surface area contributed by atoms with E-state index in [-0.39, 0.29) is 0 Å². The van der Waals surface area contributed by atoms with Gasteiger partial charge in [-0.2, -0.15) is 0 Å². The molecule has 0 aliphatic heterocycles. The lowest BCUT2D eigenvalue weighted by molar-refractivity contribution is 1.08. The Morgan fingerprint density at radius 1 is 0.352 bits per heavy atom. The van der Waals surface area contributed by atoms with Crippen molar-refractivity contribution in [2.45, 2.75) is 0 Å². The molecular formula is C50H28N4. The van der Waals surface area contributed by atoms with Crippen LogP contribution in [0.5, 0.6) is 0 Å². The van der Waals surface area contributed by atoms with Crippen molar-refractivity contribution in [3.63, 3.8) is 0 Å². The number of fused-ring (bicyclic) bond motifs is 16. The largest absolute Gasteiger partial charge is 0.308 e. The van der Waals surface area contributed by atoms with Gasteiger partial charge in [0, 0.05) is 48.7 Å². The Morgan fingerprint density at radius 3 is 1.80 bits per heavy atom. The van der Waals surface area contributed by atoms with E-state index in [4.69, 9.17) is 9.97 Å².